The lowest BCUT2D eigenvalue weighted by Gasteiger charge is -2.42. The van der Waals surface area contributed by atoms with Gasteiger partial charge in [-0.25, -0.2) is 4.79 Å². The van der Waals surface area contributed by atoms with Crippen LogP contribution in [0, 0.1) is 35.5 Å². The van der Waals surface area contributed by atoms with Crippen LogP contribution in [0.1, 0.15) is 142 Å². The molecule has 3 aromatic carbocycles. The van der Waals surface area contributed by atoms with Gasteiger partial charge in [-0.05, 0) is 124 Å². The highest BCUT2D eigenvalue weighted by molar-refractivity contribution is 6.39. The van der Waals surface area contributed by atoms with Gasteiger partial charge in [0.25, 0.3) is 11.7 Å². The van der Waals surface area contributed by atoms with E-state index in [0.29, 0.717) is 76.6 Å². The molecule has 2 N–H and O–H groups in total. The predicted molar refractivity (Wildman–Crippen MR) is 334 cm³/mol. The molecule has 4 aliphatic rings. The number of carbonyl (C=O) groups is 5. The average molecular weight is 1200 g/mol. The number of nitrogens with zero attached hydrogens (tertiary/aromatic N) is 1. The predicted octanol–water partition coefficient (Wildman–Crippen LogP) is 11.2. The number of aliphatic hydroxyl groups excluding tert-OH is 1. The number of ether oxygens (including phenoxy) is 7. The topological polar surface area (TPSA) is 194 Å². The van der Waals surface area contributed by atoms with Crippen LogP contribution in [0.2, 0.25) is 0 Å². The van der Waals surface area contributed by atoms with E-state index in [1.807, 2.05) is 113 Å². The molecular weight excluding hydrogens is 1100 g/mol. The van der Waals surface area contributed by atoms with E-state index >= 15 is 0 Å². The normalized spacial score (nSPS) is 33.3. The van der Waals surface area contributed by atoms with Gasteiger partial charge in [0.15, 0.2) is 5.78 Å². The third-order valence-corrected chi connectivity index (χ3v) is 18.7. The van der Waals surface area contributed by atoms with Crippen molar-refractivity contribution in [3.8, 4) is 0 Å². The summed E-state index contributed by atoms with van der Waals surface area (Å²) >= 11 is 0. The molecule has 1 aliphatic carbocycles. The number of piperidine rings is 1. The Bertz CT molecular complexity index is 2740. The molecule has 1 amide bonds. The van der Waals surface area contributed by atoms with E-state index in [1.54, 1.807) is 41.1 Å². The van der Waals surface area contributed by atoms with E-state index in [9.17, 15) is 34.2 Å². The van der Waals surface area contributed by atoms with Gasteiger partial charge in [0.05, 0.1) is 37.6 Å². The van der Waals surface area contributed by atoms with E-state index in [-0.39, 0.29) is 60.9 Å². The molecule has 0 unspecified atom stereocenters. The van der Waals surface area contributed by atoms with Crippen molar-refractivity contribution in [3.63, 3.8) is 0 Å². The van der Waals surface area contributed by atoms with Crippen molar-refractivity contribution >= 4 is 29.2 Å². The van der Waals surface area contributed by atoms with Crippen molar-refractivity contribution in [3.05, 3.63) is 155 Å². The van der Waals surface area contributed by atoms with Crippen molar-refractivity contribution in [1.29, 1.82) is 0 Å². The van der Waals surface area contributed by atoms with Gasteiger partial charge in [-0.3, -0.25) is 19.2 Å². The standard InChI is InChI=1S/C72H97NO14/c1-47-25-15-11-16-26-48(2)62(81-8)45-58-36-34-53(7)72(80,87-58)68(77)69(78)73-38-24-23-33-59(73)70(79)86-63(46-60(74)49(3)42-52(6)66(76)67(83-10)65(75)51(5)41-47)50(4)43-54-35-37-61(64(44-54)82-9)84-39-40-85-71(55-27-17-12-18-28-55,56-29-19-13-20-30-56)57-31-21-14-22-32-57/h11-22,25-32,42,47,49-51,53-54,58-59,61-64,66-67,76,80H,23-24,33-41,43-46H2,1-10H3/b16-11+,25-15+,48-26+,52-42+/t47-,49-,50-,51-,53-,54+,58+,59+,61-,62+,63+,64-,66-,67+,72-/m1/s1. The van der Waals surface area contributed by atoms with Crippen LogP contribution in [-0.2, 0) is 62.7 Å². The van der Waals surface area contributed by atoms with Gasteiger partial charge in [-0.1, -0.05) is 162 Å². The summed E-state index contributed by atoms with van der Waals surface area (Å²) in [6.45, 7) is 13.5. The number of aliphatic hydroxyl groups is 2. The number of esters is 1. The molecule has 2 saturated heterocycles. The van der Waals surface area contributed by atoms with E-state index in [1.165, 1.54) is 12.0 Å². The number of methoxy groups -OCH3 is 3. The van der Waals surface area contributed by atoms with Crippen molar-refractivity contribution in [1.82, 2.24) is 4.90 Å². The number of fused-ring (bicyclic) bond motifs is 3. The Labute approximate surface area is 516 Å². The number of amides is 1. The molecule has 3 heterocycles. The summed E-state index contributed by atoms with van der Waals surface area (Å²) in [6, 6.07) is 29.5. The highest BCUT2D eigenvalue weighted by atomic mass is 16.6. The fraction of sp³-hybridized carbons (Fsp3) is 0.569. The molecule has 0 radical (unpaired) electrons. The highest BCUT2D eigenvalue weighted by Crippen LogP contribution is 2.42. The quantitative estimate of drug-likeness (QED) is 0.0509. The molecule has 15 atom stereocenters. The summed E-state index contributed by atoms with van der Waals surface area (Å²) < 4.78 is 44.0. The molecule has 474 valence electrons. The largest absolute Gasteiger partial charge is 0.460 e. The second-order valence-corrected chi connectivity index (χ2v) is 25.1. The summed E-state index contributed by atoms with van der Waals surface area (Å²) in [5, 5.41) is 23.8. The first-order valence-electron chi connectivity index (χ1n) is 31.7. The third-order valence-electron chi connectivity index (χ3n) is 18.7. The number of ketones is 3. The Morgan fingerprint density at radius 3 is 1.97 bits per heavy atom. The number of carbonyl (C=O) groups excluding carboxylic acids is 5. The van der Waals surface area contributed by atoms with Gasteiger partial charge in [0.1, 0.15) is 35.7 Å². The summed E-state index contributed by atoms with van der Waals surface area (Å²) in [7, 11) is 4.66. The number of cyclic esters (lactones) is 1. The minimum atomic E-state index is -2.45. The molecule has 15 nitrogen and oxygen atoms in total. The molecule has 87 heavy (non-hydrogen) atoms. The zero-order valence-electron chi connectivity index (χ0n) is 53.1. The van der Waals surface area contributed by atoms with Gasteiger partial charge in [-0.15, -0.1) is 0 Å². The fourth-order valence-corrected chi connectivity index (χ4v) is 13.5. The number of Topliss-reactive ketones (excluding diaryl/α,β-unsaturated/α-hetero) is 3. The monoisotopic (exact) mass is 1200 g/mol. The van der Waals surface area contributed by atoms with Crippen LogP contribution >= 0.6 is 0 Å². The lowest BCUT2D eigenvalue weighted by atomic mass is 9.78. The molecule has 3 fully saturated rings. The summed E-state index contributed by atoms with van der Waals surface area (Å²) in [4.78, 5) is 73.5. The van der Waals surface area contributed by atoms with Crippen molar-refractivity contribution in [2.75, 3.05) is 41.1 Å². The first-order valence-corrected chi connectivity index (χ1v) is 31.7. The van der Waals surface area contributed by atoms with Crippen molar-refractivity contribution < 1.29 is 67.3 Å². The number of hydrogen-bond donors (Lipinski definition) is 2. The highest BCUT2D eigenvalue weighted by Gasteiger charge is 2.53. The van der Waals surface area contributed by atoms with Crippen LogP contribution in [0.15, 0.2) is 139 Å². The SMILES string of the molecule is CO[C@H]1C[C@@H]2CC[C@@H](C)[C@@](O)(O2)C(=O)C(=O)N2CCCC[C@H]2C(=O)O[C@H]([C@H](C)C[C@@H]2CC[C@@H](OCCOC(c3ccccc3)(c3ccccc3)c3ccccc3)[C@H](OC)C2)CC(=O)[C@H](C)/C=C(\C)[C@@H](O)[C@@H](OC)C(=O)[C@H](C)C[C@H](C)/C=C/C=C/C=C/1C. The number of benzene rings is 3. The first-order chi connectivity index (χ1) is 41.7. The Morgan fingerprint density at radius 2 is 1.36 bits per heavy atom. The van der Waals surface area contributed by atoms with E-state index in [4.69, 9.17) is 33.2 Å². The Hall–Kier alpha value is -5.75. The minimum absolute atomic E-state index is 0.00433. The van der Waals surface area contributed by atoms with E-state index < -0.39 is 83.4 Å². The van der Waals surface area contributed by atoms with Crippen LogP contribution in [0.5, 0.6) is 0 Å². The average Bonchev–Trinajstić information content (AvgIpc) is 1.41. The maximum absolute atomic E-state index is 14.8. The van der Waals surface area contributed by atoms with Gasteiger partial charge in [0.2, 0.25) is 5.79 Å². The number of allylic oxidation sites excluding steroid dienone is 6. The van der Waals surface area contributed by atoms with Gasteiger partial charge in [-0.2, -0.15) is 0 Å². The molecule has 7 rings (SSSR count). The van der Waals surface area contributed by atoms with Crippen LogP contribution < -0.4 is 0 Å². The first kappa shape index (κ1) is 68.7. The van der Waals surface area contributed by atoms with Crippen LogP contribution in [0.4, 0.5) is 0 Å². The van der Waals surface area contributed by atoms with Gasteiger partial charge in [0, 0.05) is 58.5 Å². The molecule has 0 aromatic heterocycles. The smallest absolute Gasteiger partial charge is 0.329 e. The summed E-state index contributed by atoms with van der Waals surface area (Å²) in [5.41, 5.74) is 3.35. The van der Waals surface area contributed by atoms with E-state index in [2.05, 4.69) is 36.4 Å². The zero-order valence-corrected chi connectivity index (χ0v) is 53.1. The third kappa shape index (κ3) is 17.4. The molecule has 1 saturated carbocycles. The Kier molecular flexibility index (Phi) is 25.8. The minimum Gasteiger partial charge on any atom is -0.460 e. The second-order valence-electron chi connectivity index (χ2n) is 25.1. The molecule has 2 bridgehead atoms. The Balaban J connectivity index is 1.11. The molecule has 3 aliphatic heterocycles. The Morgan fingerprint density at radius 1 is 0.713 bits per heavy atom. The van der Waals surface area contributed by atoms with Crippen molar-refractivity contribution in [2.24, 2.45) is 35.5 Å². The number of hydrogen-bond acceptors (Lipinski definition) is 14. The zero-order chi connectivity index (χ0) is 62.8. The molecular formula is C72H97NO14. The molecule has 15 heteroatoms. The van der Waals surface area contributed by atoms with Gasteiger partial charge < -0.3 is 48.3 Å². The second kappa shape index (κ2) is 32.6. The number of rotatable bonds is 14. The molecule has 0 spiro atoms. The van der Waals surface area contributed by atoms with E-state index in [0.717, 1.165) is 28.7 Å². The lowest BCUT2D eigenvalue weighted by Crippen LogP contribution is -2.61. The van der Waals surface area contributed by atoms with Crippen LogP contribution in [-0.4, -0.2) is 140 Å². The van der Waals surface area contributed by atoms with Crippen molar-refractivity contribution in [2.45, 2.75) is 186 Å². The fourth-order valence-electron chi connectivity index (χ4n) is 13.5. The summed E-state index contributed by atoms with van der Waals surface area (Å²) in [5.74, 6) is -8.13. The summed E-state index contributed by atoms with van der Waals surface area (Å²) in [6.07, 6.45) is 11.7. The maximum Gasteiger partial charge on any atom is 0.329 e. The van der Waals surface area contributed by atoms with Crippen LogP contribution in [0.3, 0.4) is 0 Å². The van der Waals surface area contributed by atoms with Crippen LogP contribution in [0.25, 0.3) is 0 Å². The molecule has 3 aromatic rings. The lowest BCUT2D eigenvalue weighted by molar-refractivity contribution is -0.265. The maximum atomic E-state index is 14.8. The van der Waals surface area contributed by atoms with Gasteiger partial charge >= 0.3 is 5.97 Å².